The molecule has 4 N–H and O–H groups in total. The Balaban J connectivity index is 2.46. The first-order valence-electron chi connectivity index (χ1n) is 5.79. The van der Waals surface area contributed by atoms with Crippen molar-refractivity contribution < 1.29 is 9.84 Å². The fourth-order valence-corrected chi connectivity index (χ4v) is 1.90. The molecule has 0 saturated carbocycles. The molecule has 100 valence electrons. The van der Waals surface area contributed by atoms with E-state index in [2.05, 4.69) is 5.10 Å². The quantitative estimate of drug-likeness (QED) is 0.570. The zero-order valence-electron chi connectivity index (χ0n) is 10.8. The Morgan fingerprint density at radius 3 is 2.79 bits per heavy atom. The van der Waals surface area contributed by atoms with Gasteiger partial charge in [-0.05, 0) is 13.0 Å². The number of amidine groups is 1. The van der Waals surface area contributed by atoms with Crippen molar-refractivity contribution in [2.45, 2.75) is 13.5 Å². The van der Waals surface area contributed by atoms with Gasteiger partial charge in [0.1, 0.15) is 17.1 Å². The van der Waals surface area contributed by atoms with Crippen molar-refractivity contribution in [3.05, 3.63) is 41.1 Å². The maximum Gasteiger partial charge on any atom is 0.228 e. The van der Waals surface area contributed by atoms with Crippen molar-refractivity contribution in [3.63, 3.8) is 0 Å². The standard InChI is InChI=1S/C13H16N4O2/c1-8-11(12(14)15)13(17(2)16-8)19-10-6-4-3-5-9(10)7-18/h3-6,18H,7H2,1-2H3,(H3,14,15). The summed E-state index contributed by atoms with van der Waals surface area (Å²) in [6, 6.07) is 7.15. The Labute approximate surface area is 110 Å². The van der Waals surface area contributed by atoms with Gasteiger partial charge < -0.3 is 15.6 Å². The molecule has 0 saturated heterocycles. The molecule has 1 heterocycles. The maximum atomic E-state index is 9.28. The maximum absolute atomic E-state index is 9.28. The number of benzene rings is 1. The van der Waals surface area contributed by atoms with Gasteiger partial charge in [-0.25, -0.2) is 4.68 Å². The predicted octanol–water partition coefficient (Wildman–Crippen LogP) is 1.30. The lowest BCUT2D eigenvalue weighted by Crippen LogP contribution is -2.13. The van der Waals surface area contributed by atoms with E-state index < -0.39 is 0 Å². The Morgan fingerprint density at radius 2 is 2.16 bits per heavy atom. The van der Waals surface area contributed by atoms with Crippen LogP contribution in [-0.4, -0.2) is 20.7 Å². The van der Waals surface area contributed by atoms with Gasteiger partial charge in [0.25, 0.3) is 0 Å². The van der Waals surface area contributed by atoms with E-state index in [0.29, 0.717) is 28.5 Å². The molecule has 2 aromatic rings. The minimum atomic E-state index is -0.123. The molecule has 1 aromatic carbocycles. The minimum absolute atomic E-state index is 0.0953. The number of aliphatic hydroxyl groups excluding tert-OH is 1. The zero-order chi connectivity index (χ0) is 14.0. The largest absolute Gasteiger partial charge is 0.438 e. The number of nitrogens with one attached hydrogen (secondary N) is 1. The number of nitrogen functional groups attached to an aromatic ring is 1. The van der Waals surface area contributed by atoms with E-state index in [1.807, 2.05) is 12.1 Å². The van der Waals surface area contributed by atoms with Crippen molar-refractivity contribution >= 4 is 5.84 Å². The molecule has 6 nitrogen and oxygen atoms in total. The third kappa shape index (κ3) is 2.43. The summed E-state index contributed by atoms with van der Waals surface area (Å²) in [5.41, 5.74) is 7.32. The SMILES string of the molecule is Cc1nn(C)c(Oc2ccccc2CO)c1C(=N)N. The van der Waals surface area contributed by atoms with Crippen LogP contribution in [0.2, 0.25) is 0 Å². The molecule has 0 aliphatic heterocycles. The van der Waals surface area contributed by atoms with Gasteiger partial charge in [0.2, 0.25) is 5.88 Å². The zero-order valence-corrected chi connectivity index (χ0v) is 10.8. The molecule has 0 aliphatic carbocycles. The highest BCUT2D eigenvalue weighted by atomic mass is 16.5. The fraction of sp³-hybridized carbons (Fsp3) is 0.231. The molecule has 2 rings (SSSR count). The lowest BCUT2D eigenvalue weighted by atomic mass is 10.2. The first-order chi connectivity index (χ1) is 9.04. The van der Waals surface area contributed by atoms with Crippen LogP contribution in [-0.2, 0) is 13.7 Å². The lowest BCUT2D eigenvalue weighted by Gasteiger charge is -2.11. The molecule has 0 spiro atoms. The number of ether oxygens (including phenoxy) is 1. The summed E-state index contributed by atoms with van der Waals surface area (Å²) in [6.45, 7) is 1.64. The van der Waals surface area contributed by atoms with Gasteiger partial charge in [0, 0.05) is 12.6 Å². The second-order valence-corrected chi connectivity index (χ2v) is 4.17. The van der Waals surface area contributed by atoms with Crippen molar-refractivity contribution in [2.24, 2.45) is 12.8 Å². The summed E-state index contributed by atoms with van der Waals surface area (Å²) in [5.74, 6) is 0.823. The van der Waals surface area contributed by atoms with Crippen LogP contribution in [0.3, 0.4) is 0 Å². The van der Waals surface area contributed by atoms with Crippen molar-refractivity contribution in [3.8, 4) is 11.6 Å². The highest BCUT2D eigenvalue weighted by Crippen LogP contribution is 2.29. The molecule has 0 fully saturated rings. The van der Waals surface area contributed by atoms with E-state index in [4.69, 9.17) is 15.9 Å². The summed E-state index contributed by atoms with van der Waals surface area (Å²) in [7, 11) is 1.72. The first kappa shape index (κ1) is 13.1. The van der Waals surface area contributed by atoms with E-state index >= 15 is 0 Å². The number of aliphatic hydroxyl groups is 1. The van der Waals surface area contributed by atoms with Crippen LogP contribution in [0.4, 0.5) is 0 Å². The van der Waals surface area contributed by atoms with Gasteiger partial charge in [0.05, 0.1) is 12.3 Å². The number of para-hydroxylation sites is 1. The van der Waals surface area contributed by atoms with E-state index in [0.717, 1.165) is 0 Å². The first-order valence-corrected chi connectivity index (χ1v) is 5.79. The van der Waals surface area contributed by atoms with Gasteiger partial charge >= 0.3 is 0 Å². The highest BCUT2D eigenvalue weighted by molar-refractivity contribution is 5.98. The monoisotopic (exact) mass is 260 g/mol. The van der Waals surface area contributed by atoms with Crippen molar-refractivity contribution in [2.75, 3.05) is 0 Å². The number of aryl methyl sites for hydroxylation is 2. The molecule has 1 aromatic heterocycles. The van der Waals surface area contributed by atoms with Crippen LogP contribution in [0.1, 0.15) is 16.8 Å². The molecule has 0 unspecified atom stereocenters. The van der Waals surface area contributed by atoms with E-state index in [-0.39, 0.29) is 12.4 Å². The second kappa shape index (κ2) is 5.11. The number of hydrogen-bond donors (Lipinski definition) is 3. The summed E-state index contributed by atoms with van der Waals surface area (Å²) < 4.78 is 7.29. The Kier molecular flexibility index (Phi) is 3.52. The predicted molar refractivity (Wildman–Crippen MR) is 71.4 cm³/mol. The van der Waals surface area contributed by atoms with Crippen LogP contribution in [0, 0.1) is 12.3 Å². The minimum Gasteiger partial charge on any atom is -0.438 e. The average Bonchev–Trinajstić information content (AvgIpc) is 2.65. The molecular formula is C13H16N4O2. The smallest absolute Gasteiger partial charge is 0.228 e. The molecule has 0 aliphatic rings. The average molecular weight is 260 g/mol. The van der Waals surface area contributed by atoms with Crippen LogP contribution in [0.5, 0.6) is 11.6 Å². The molecule has 0 bridgehead atoms. The van der Waals surface area contributed by atoms with Gasteiger partial charge in [-0.1, -0.05) is 18.2 Å². The number of nitrogens with zero attached hydrogens (tertiary/aromatic N) is 2. The molecule has 0 radical (unpaired) electrons. The Hall–Kier alpha value is -2.34. The molecular weight excluding hydrogens is 244 g/mol. The normalized spacial score (nSPS) is 10.5. The fourth-order valence-electron chi connectivity index (χ4n) is 1.90. The van der Waals surface area contributed by atoms with Crippen molar-refractivity contribution in [1.29, 1.82) is 5.41 Å². The highest BCUT2D eigenvalue weighted by Gasteiger charge is 2.18. The third-order valence-electron chi connectivity index (χ3n) is 2.79. The van der Waals surface area contributed by atoms with E-state index in [1.54, 1.807) is 26.1 Å². The molecule has 6 heteroatoms. The second-order valence-electron chi connectivity index (χ2n) is 4.17. The van der Waals surface area contributed by atoms with Gasteiger partial charge in [-0.15, -0.1) is 0 Å². The third-order valence-corrected chi connectivity index (χ3v) is 2.79. The number of rotatable bonds is 4. The lowest BCUT2D eigenvalue weighted by molar-refractivity contribution is 0.275. The number of aromatic nitrogens is 2. The van der Waals surface area contributed by atoms with E-state index in [9.17, 15) is 5.11 Å². The summed E-state index contributed by atoms with van der Waals surface area (Å²) >= 11 is 0. The van der Waals surface area contributed by atoms with Gasteiger partial charge in [-0.3, -0.25) is 5.41 Å². The molecule has 0 atom stereocenters. The van der Waals surface area contributed by atoms with E-state index in [1.165, 1.54) is 4.68 Å². The number of hydrogen-bond acceptors (Lipinski definition) is 4. The Bertz CT molecular complexity index is 619. The van der Waals surface area contributed by atoms with Crippen LogP contribution < -0.4 is 10.5 Å². The topological polar surface area (TPSA) is 97.1 Å². The summed E-state index contributed by atoms with van der Waals surface area (Å²) in [5, 5.41) is 21.1. The van der Waals surface area contributed by atoms with Crippen LogP contribution in [0.25, 0.3) is 0 Å². The molecule has 0 amide bonds. The summed E-state index contributed by atoms with van der Waals surface area (Å²) in [6.07, 6.45) is 0. The number of nitrogens with two attached hydrogens (primary N) is 1. The van der Waals surface area contributed by atoms with Gasteiger partial charge in [0.15, 0.2) is 0 Å². The Morgan fingerprint density at radius 1 is 1.47 bits per heavy atom. The summed E-state index contributed by atoms with van der Waals surface area (Å²) in [4.78, 5) is 0. The van der Waals surface area contributed by atoms with Crippen molar-refractivity contribution in [1.82, 2.24) is 9.78 Å². The van der Waals surface area contributed by atoms with Crippen LogP contribution >= 0.6 is 0 Å². The molecule has 19 heavy (non-hydrogen) atoms. The van der Waals surface area contributed by atoms with Gasteiger partial charge in [-0.2, -0.15) is 5.10 Å². The van der Waals surface area contributed by atoms with Crippen LogP contribution in [0.15, 0.2) is 24.3 Å².